The fourth-order valence-corrected chi connectivity index (χ4v) is 3.74. The Balaban J connectivity index is 1.63. The molecule has 11 heteroatoms. The second-order valence-electron chi connectivity index (χ2n) is 7.05. The van der Waals surface area contributed by atoms with Gasteiger partial charge < -0.3 is 24.8 Å². The van der Waals surface area contributed by atoms with Crippen molar-refractivity contribution in [2.45, 2.75) is 18.6 Å². The number of fused-ring (bicyclic) bond motifs is 1. The first-order valence-corrected chi connectivity index (χ1v) is 11.8. The smallest absolute Gasteiger partial charge is 0.244 e. The Kier molecular flexibility index (Phi) is 9.53. The lowest BCUT2D eigenvalue weighted by Gasteiger charge is -2.09. The number of amides is 1. The van der Waals surface area contributed by atoms with E-state index in [-0.39, 0.29) is 5.91 Å². The Hall–Kier alpha value is -3.31. The maximum Gasteiger partial charge on any atom is 0.244 e. The fourth-order valence-electron chi connectivity index (χ4n) is 3.17. The summed E-state index contributed by atoms with van der Waals surface area (Å²) in [4.78, 5) is 21.5. The summed E-state index contributed by atoms with van der Waals surface area (Å²) in [5, 5.41) is 12.1. The van der Waals surface area contributed by atoms with E-state index in [0.717, 1.165) is 28.2 Å². The zero-order chi connectivity index (χ0) is 24.3. The number of carbonyl (C=O) groups is 1. The van der Waals surface area contributed by atoms with E-state index in [1.807, 2.05) is 12.1 Å². The molecular formula is C23H30N6O4S. The molecule has 2 aromatic heterocycles. The highest BCUT2D eigenvalue weighted by Crippen LogP contribution is 2.28. The van der Waals surface area contributed by atoms with Crippen LogP contribution in [0, 0.1) is 0 Å². The van der Waals surface area contributed by atoms with E-state index in [1.165, 1.54) is 6.08 Å². The summed E-state index contributed by atoms with van der Waals surface area (Å²) in [6, 6.07) is 5.46. The quantitative estimate of drug-likeness (QED) is 0.163. The number of methoxy groups -OCH3 is 3. The molecule has 3 rings (SSSR count). The van der Waals surface area contributed by atoms with Gasteiger partial charge in [0.05, 0.1) is 39.0 Å². The first-order chi connectivity index (χ1) is 16.6. The lowest BCUT2D eigenvalue weighted by Crippen LogP contribution is -2.25. The summed E-state index contributed by atoms with van der Waals surface area (Å²) in [6.45, 7) is 4.13. The van der Waals surface area contributed by atoms with E-state index in [1.54, 1.807) is 56.1 Å². The lowest BCUT2D eigenvalue weighted by molar-refractivity contribution is -0.116. The van der Waals surface area contributed by atoms with Gasteiger partial charge in [-0.15, -0.1) is 0 Å². The van der Waals surface area contributed by atoms with Crippen molar-refractivity contribution in [1.82, 2.24) is 25.1 Å². The van der Waals surface area contributed by atoms with Gasteiger partial charge in [0.1, 0.15) is 5.82 Å². The fraction of sp³-hybridized carbons (Fsp3) is 0.391. The number of ether oxygens (including phenoxy) is 3. The molecule has 1 aromatic carbocycles. The molecule has 0 bridgehead atoms. The number of hydrogen-bond acceptors (Lipinski definition) is 9. The van der Waals surface area contributed by atoms with E-state index in [2.05, 4.69) is 32.6 Å². The monoisotopic (exact) mass is 486 g/mol. The molecule has 1 amide bonds. The number of nitrogens with one attached hydrogen (secondary N) is 2. The molecule has 0 fully saturated rings. The van der Waals surface area contributed by atoms with Crippen LogP contribution in [-0.4, -0.2) is 72.4 Å². The number of rotatable bonds is 13. The summed E-state index contributed by atoms with van der Waals surface area (Å²) < 4.78 is 17.4. The van der Waals surface area contributed by atoms with Gasteiger partial charge in [-0.2, -0.15) is 5.10 Å². The number of thioether (sulfide) groups is 1. The molecule has 0 aliphatic rings. The molecule has 0 aliphatic heterocycles. The Bertz CT molecular complexity index is 1130. The highest BCUT2D eigenvalue weighted by atomic mass is 32.2. The minimum atomic E-state index is -0.204. The molecule has 2 heterocycles. The van der Waals surface area contributed by atoms with Crippen molar-refractivity contribution < 1.29 is 19.0 Å². The molecular weight excluding hydrogens is 456 g/mol. The van der Waals surface area contributed by atoms with Gasteiger partial charge in [-0.05, 0) is 29.5 Å². The van der Waals surface area contributed by atoms with Crippen molar-refractivity contribution in [3.63, 3.8) is 0 Å². The van der Waals surface area contributed by atoms with E-state index in [4.69, 9.17) is 14.2 Å². The molecule has 182 valence electrons. The molecule has 0 saturated heterocycles. The largest absolute Gasteiger partial charge is 0.493 e. The van der Waals surface area contributed by atoms with Gasteiger partial charge in [0, 0.05) is 26.3 Å². The molecule has 2 N–H and O–H groups in total. The third-order valence-electron chi connectivity index (χ3n) is 4.81. The van der Waals surface area contributed by atoms with Gasteiger partial charge in [0.25, 0.3) is 0 Å². The predicted octanol–water partition coefficient (Wildman–Crippen LogP) is 2.84. The van der Waals surface area contributed by atoms with Gasteiger partial charge in [-0.1, -0.05) is 24.8 Å². The number of anilines is 1. The number of carbonyl (C=O) groups excluding carboxylic acids is 1. The Morgan fingerprint density at radius 3 is 2.71 bits per heavy atom. The van der Waals surface area contributed by atoms with Crippen LogP contribution in [0.2, 0.25) is 0 Å². The highest BCUT2D eigenvalue weighted by Gasteiger charge is 2.13. The van der Waals surface area contributed by atoms with Crippen molar-refractivity contribution in [2.75, 3.05) is 52.1 Å². The molecule has 0 radical (unpaired) electrons. The summed E-state index contributed by atoms with van der Waals surface area (Å²) in [6.07, 6.45) is 4.95. The van der Waals surface area contributed by atoms with E-state index < -0.39 is 0 Å². The van der Waals surface area contributed by atoms with Gasteiger partial charge in [-0.25, -0.2) is 14.6 Å². The lowest BCUT2D eigenvalue weighted by atomic mass is 10.2. The van der Waals surface area contributed by atoms with Crippen molar-refractivity contribution in [1.29, 1.82) is 0 Å². The van der Waals surface area contributed by atoms with Crippen LogP contribution in [0.3, 0.4) is 0 Å². The Morgan fingerprint density at radius 2 is 1.97 bits per heavy atom. The minimum Gasteiger partial charge on any atom is -0.493 e. The topological polar surface area (TPSA) is 112 Å². The van der Waals surface area contributed by atoms with E-state index >= 15 is 0 Å². The van der Waals surface area contributed by atoms with Crippen LogP contribution in [0.1, 0.15) is 12.5 Å². The van der Waals surface area contributed by atoms with Crippen LogP contribution in [0.15, 0.2) is 35.6 Å². The highest BCUT2D eigenvalue weighted by molar-refractivity contribution is 7.99. The van der Waals surface area contributed by atoms with Crippen LogP contribution >= 0.6 is 11.8 Å². The predicted molar refractivity (Wildman–Crippen MR) is 134 cm³/mol. The third-order valence-corrected chi connectivity index (χ3v) is 5.53. The van der Waals surface area contributed by atoms with Crippen molar-refractivity contribution in [2.24, 2.45) is 0 Å². The van der Waals surface area contributed by atoms with Crippen molar-refractivity contribution in [3.05, 3.63) is 36.0 Å². The van der Waals surface area contributed by atoms with Crippen LogP contribution in [0.25, 0.3) is 17.1 Å². The molecule has 0 unspecified atom stereocenters. The number of aromatic nitrogens is 4. The molecule has 3 aromatic rings. The van der Waals surface area contributed by atoms with Crippen LogP contribution in [0.4, 0.5) is 5.82 Å². The minimum absolute atomic E-state index is 0.204. The summed E-state index contributed by atoms with van der Waals surface area (Å²) in [7, 11) is 4.81. The number of nitrogens with zero attached hydrogens (tertiary/aromatic N) is 4. The van der Waals surface area contributed by atoms with Gasteiger partial charge in [-0.3, -0.25) is 4.79 Å². The Labute approximate surface area is 203 Å². The average Bonchev–Trinajstić information content (AvgIpc) is 3.26. The first kappa shape index (κ1) is 25.3. The van der Waals surface area contributed by atoms with Crippen LogP contribution in [0.5, 0.6) is 11.5 Å². The maximum atomic E-state index is 12.3. The molecule has 0 spiro atoms. The molecule has 0 atom stereocenters. The number of hydrogen-bond donors (Lipinski definition) is 2. The van der Waals surface area contributed by atoms with Crippen LogP contribution < -0.4 is 20.1 Å². The zero-order valence-corrected chi connectivity index (χ0v) is 20.6. The SMILES string of the molecule is CCSc1nc(NCCOC)c2cnn(CCNC(=O)/C=C\c3ccc(OC)c(OC)c3)c2n1. The van der Waals surface area contributed by atoms with Crippen molar-refractivity contribution in [3.8, 4) is 11.5 Å². The molecule has 0 aliphatic carbocycles. The summed E-state index contributed by atoms with van der Waals surface area (Å²) in [5.41, 5.74) is 1.55. The zero-order valence-electron chi connectivity index (χ0n) is 19.8. The van der Waals surface area contributed by atoms with Gasteiger partial charge in [0.15, 0.2) is 22.3 Å². The standard InChI is InChI=1S/C23H30N6O4S/c1-5-34-23-27-21(25-11-13-31-2)17-15-26-29(22(17)28-23)12-10-24-20(30)9-7-16-6-8-18(32-3)19(14-16)33-4/h6-9,14-15H,5,10-13H2,1-4H3,(H,24,30)(H,25,27,28)/b9-7-. The number of benzene rings is 1. The molecule has 10 nitrogen and oxygen atoms in total. The summed E-state index contributed by atoms with van der Waals surface area (Å²) in [5.74, 6) is 2.63. The average molecular weight is 487 g/mol. The Morgan fingerprint density at radius 1 is 1.15 bits per heavy atom. The van der Waals surface area contributed by atoms with E-state index in [0.29, 0.717) is 42.9 Å². The van der Waals surface area contributed by atoms with E-state index in [9.17, 15) is 4.79 Å². The second kappa shape index (κ2) is 12.8. The second-order valence-corrected chi connectivity index (χ2v) is 8.28. The normalized spacial score (nSPS) is 11.2. The van der Waals surface area contributed by atoms with Gasteiger partial charge in [0.2, 0.25) is 5.91 Å². The van der Waals surface area contributed by atoms with Crippen LogP contribution in [-0.2, 0) is 16.1 Å². The third kappa shape index (κ3) is 6.61. The maximum absolute atomic E-state index is 12.3. The summed E-state index contributed by atoms with van der Waals surface area (Å²) >= 11 is 1.56. The molecule has 34 heavy (non-hydrogen) atoms. The first-order valence-electron chi connectivity index (χ1n) is 10.9. The van der Waals surface area contributed by atoms with Crippen molar-refractivity contribution >= 4 is 40.6 Å². The van der Waals surface area contributed by atoms with Gasteiger partial charge >= 0.3 is 0 Å². The molecule has 0 saturated carbocycles.